The average Bonchev–Trinajstić information content (AvgIpc) is 2.62. The van der Waals surface area contributed by atoms with Crippen LogP contribution in [0.2, 0.25) is 0 Å². The SMILES string of the molecule is CCNC(=NCc1ccc(C(=O)NCC(N)=O)cc1)N1CCSC(C)(C)C1.I. The summed E-state index contributed by atoms with van der Waals surface area (Å²) in [5.41, 5.74) is 6.54. The van der Waals surface area contributed by atoms with Gasteiger partial charge in [0.05, 0.1) is 13.1 Å². The molecule has 1 fully saturated rings. The van der Waals surface area contributed by atoms with Crippen molar-refractivity contribution in [2.24, 2.45) is 10.7 Å². The number of guanidine groups is 1. The molecule has 9 heteroatoms. The molecule has 1 heterocycles. The van der Waals surface area contributed by atoms with Crippen LogP contribution in [0.25, 0.3) is 0 Å². The Morgan fingerprint density at radius 3 is 2.50 bits per heavy atom. The standard InChI is InChI=1S/C19H29N5O2S.HI/c1-4-21-18(24-9-10-27-19(2,3)13-24)23-11-14-5-7-15(8-6-14)17(26)22-12-16(20)25;/h5-8H,4,9-13H2,1-3H3,(H2,20,25)(H,21,23)(H,22,26);1H. The second-order valence-electron chi connectivity index (χ2n) is 7.05. The lowest BCUT2D eigenvalue weighted by atomic mass is 10.1. The summed E-state index contributed by atoms with van der Waals surface area (Å²) >= 11 is 1.99. The van der Waals surface area contributed by atoms with E-state index < -0.39 is 5.91 Å². The van der Waals surface area contributed by atoms with Gasteiger partial charge in [0.25, 0.3) is 5.91 Å². The van der Waals surface area contributed by atoms with Gasteiger partial charge >= 0.3 is 0 Å². The van der Waals surface area contributed by atoms with E-state index in [9.17, 15) is 9.59 Å². The van der Waals surface area contributed by atoms with E-state index in [0.717, 1.165) is 36.9 Å². The fourth-order valence-electron chi connectivity index (χ4n) is 2.82. The summed E-state index contributed by atoms with van der Waals surface area (Å²) in [7, 11) is 0. The number of primary amides is 1. The number of rotatable bonds is 6. The molecule has 0 radical (unpaired) electrons. The van der Waals surface area contributed by atoms with E-state index in [1.165, 1.54) is 0 Å². The van der Waals surface area contributed by atoms with Crippen molar-refractivity contribution in [1.29, 1.82) is 0 Å². The molecule has 1 aromatic carbocycles. The highest BCUT2D eigenvalue weighted by Crippen LogP contribution is 2.29. The number of thioether (sulfide) groups is 1. The van der Waals surface area contributed by atoms with Gasteiger partial charge in [-0.15, -0.1) is 24.0 Å². The first-order valence-electron chi connectivity index (χ1n) is 9.13. The zero-order valence-electron chi connectivity index (χ0n) is 16.7. The van der Waals surface area contributed by atoms with Gasteiger partial charge in [0.1, 0.15) is 0 Å². The molecule has 2 rings (SSSR count). The molecule has 28 heavy (non-hydrogen) atoms. The minimum atomic E-state index is -0.565. The highest BCUT2D eigenvalue weighted by Gasteiger charge is 2.28. The third-order valence-electron chi connectivity index (χ3n) is 4.11. The molecule has 2 amide bonds. The Morgan fingerprint density at radius 2 is 1.93 bits per heavy atom. The number of carbonyl (C=O) groups is 2. The third-order valence-corrected chi connectivity index (χ3v) is 5.41. The van der Waals surface area contributed by atoms with E-state index in [0.29, 0.717) is 12.1 Å². The number of nitrogens with zero attached hydrogens (tertiary/aromatic N) is 2. The van der Waals surface area contributed by atoms with Crippen molar-refractivity contribution in [3.05, 3.63) is 35.4 Å². The van der Waals surface area contributed by atoms with Crippen LogP contribution in [0, 0.1) is 0 Å². The first kappa shape index (κ1) is 24.5. The summed E-state index contributed by atoms with van der Waals surface area (Å²) in [5.74, 6) is 1.14. The number of benzene rings is 1. The summed E-state index contributed by atoms with van der Waals surface area (Å²) in [6.45, 7) is 9.73. The molecule has 0 saturated carbocycles. The molecule has 1 aliphatic heterocycles. The Kier molecular flexibility index (Phi) is 10.1. The quantitative estimate of drug-likeness (QED) is 0.303. The molecule has 7 nitrogen and oxygen atoms in total. The first-order chi connectivity index (χ1) is 12.8. The van der Waals surface area contributed by atoms with Gasteiger partial charge in [-0.25, -0.2) is 4.99 Å². The number of hydrogen-bond donors (Lipinski definition) is 3. The van der Waals surface area contributed by atoms with Crippen LogP contribution in [0.1, 0.15) is 36.7 Å². The molecule has 0 aromatic heterocycles. The maximum atomic E-state index is 11.9. The topological polar surface area (TPSA) is 99.8 Å². The Morgan fingerprint density at radius 1 is 1.25 bits per heavy atom. The monoisotopic (exact) mass is 519 g/mol. The molecule has 156 valence electrons. The zero-order valence-corrected chi connectivity index (χ0v) is 19.8. The second-order valence-corrected chi connectivity index (χ2v) is 8.85. The summed E-state index contributed by atoms with van der Waals surface area (Å²) in [5, 5.41) is 5.85. The lowest BCUT2D eigenvalue weighted by Crippen LogP contribution is -2.50. The van der Waals surface area contributed by atoms with Crippen molar-refractivity contribution in [2.75, 3.05) is 31.9 Å². The zero-order chi connectivity index (χ0) is 19.9. The fourth-order valence-corrected chi connectivity index (χ4v) is 3.93. The Labute approximate surface area is 188 Å². The molecular formula is C19H30IN5O2S. The van der Waals surface area contributed by atoms with E-state index >= 15 is 0 Å². The average molecular weight is 519 g/mol. The largest absolute Gasteiger partial charge is 0.368 e. The number of amides is 2. The van der Waals surface area contributed by atoms with E-state index in [1.54, 1.807) is 12.1 Å². The van der Waals surface area contributed by atoms with Crippen LogP contribution in [-0.4, -0.2) is 59.4 Å². The van der Waals surface area contributed by atoms with Crippen LogP contribution in [0.3, 0.4) is 0 Å². The van der Waals surface area contributed by atoms with Crippen molar-refractivity contribution >= 4 is 53.5 Å². The normalized spacial score (nSPS) is 16.1. The van der Waals surface area contributed by atoms with Crippen LogP contribution < -0.4 is 16.4 Å². The predicted octanol–water partition coefficient (Wildman–Crippen LogP) is 1.81. The number of nitrogens with one attached hydrogen (secondary N) is 2. The Balaban J connectivity index is 0.00000392. The lowest BCUT2D eigenvalue weighted by Gasteiger charge is -2.39. The molecule has 1 aliphatic rings. The van der Waals surface area contributed by atoms with Crippen molar-refractivity contribution in [3.63, 3.8) is 0 Å². The maximum absolute atomic E-state index is 11.9. The summed E-state index contributed by atoms with van der Waals surface area (Å²) in [4.78, 5) is 29.7. The van der Waals surface area contributed by atoms with Gasteiger partial charge in [0.15, 0.2) is 5.96 Å². The molecular weight excluding hydrogens is 489 g/mol. The van der Waals surface area contributed by atoms with Gasteiger partial charge in [0.2, 0.25) is 5.91 Å². The number of nitrogens with two attached hydrogens (primary N) is 1. The number of hydrogen-bond acceptors (Lipinski definition) is 4. The smallest absolute Gasteiger partial charge is 0.251 e. The third kappa shape index (κ3) is 7.86. The number of halogens is 1. The van der Waals surface area contributed by atoms with Gasteiger partial charge < -0.3 is 21.3 Å². The Bertz CT molecular complexity index is 694. The molecule has 0 bridgehead atoms. The number of aliphatic imine (C=N–C) groups is 1. The van der Waals surface area contributed by atoms with E-state index in [-0.39, 0.29) is 41.2 Å². The molecule has 0 spiro atoms. The predicted molar refractivity (Wildman–Crippen MR) is 126 cm³/mol. The highest BCUT2D eigenvalue weighted by atomic mass is 127. The summed E-state index contributed by atoms with van der Waals surface area (Å²) in [6, 6.07) is 7.22. The highest BCUT2D eigenvalue weighted by molar-refractivity contribution is 14.0. The van der Waals surface area contributed by atoms with Gasteiger partial charge in [-0.2, -0.15) is 11.8 Å². The minimum Gasteiger partial charge on any atom is -0.368 e. The molecule has 0 atom stereocenters. The van der Waals surface area contributed by atoms with Crippen molar-refractivity contribution in [3.8, 4) is 0 Å². The van der Waals surface area contributed by atoms with Crippen molar-refractivity contribution in [2.45, 2.75) is 32.1 Å². The minimum absolute atomic E-state index is 0. The number of carbonyl (C=O) groups excluding carboxylic acids is 2. The lowest BCUT2D eigenvalue weighted by molar-refractivity contribution is -0.117. The van der Waals surface area contributed by atoms with Crippen LogP contribution in [0.15, 0.2) is 29.3 Å². The fraction of sp³-hybridized carbons (Fsp3) is 0.526. The van der Waals surface area contributed by atoms with Crippen LogP contribution in [0.5, 0.6) is 0 Å². The second kappa shape index (κ2) is 11.5. The molecule has 4 N–H and O–H groups in total. The van der Waals surface area contributed by atoms with E-state index in [2.05, 4.69) is 36.3 Å². The molecule has 0 aliphatic carbocycles. The van der Waals surface area contributed by atoms with Crippen LogP contribution in [-0.2, 0) is 11.3 Å². The van der Waals surface area contributed by atoms with Gasteiger partial charge in [-0.3, -0.25) is 9.59 Å². The van der Waals surface area contributed by atoms with Crippen molar-refractivity contribution < 1.29 is 9.59 Å². The van der Waals surface area contributed by atoms with Crippen LogP contribution in [0.4, 0.5) is 0 Å². The van der Waals surface area contributed by atoms with E-state index in [1.807, 2.05) is 23.9 Å². The molecule has 0 unspecified atom stereocenters. The first-order valence-corrected chi connectivity index (χ1v) is 10.1. The summed E-state index contributed by atoms with van der Waals surface area (Å²) < 4.78 is 0.217. The van der Waals surface area contributed by atoms with Gasteiger partial charge in [-0.1, -0.05) is 12.1 Å². The summed E-state index contributed by atoms with van der Waals surface area (Å²) in [6.07, 6.45) is 0. The Hall–Kier alpha value is -1.49. The van der Waals surface area contributed by atoms with Crippen LogP contribution >= 0.6 is 35.7 Å². The molecule has 1 aromatic rings. The van der Waals surface area contributed by atoms with Gasteiger partial charge in [-0.05, 0) is 38.5 Å². The van der Waals surface area contributed by atoms with Gasteiger partial charge in [0, 0.05) is 35.7 Å². The van der Waals surface area contributed by atoms with E-state index in [4.69, 9.17) is 10.7 Å². The molecule has 1 saturated heterocycles. The van der Waals surface area contributed by atoms with Crippen molar-refractivity contribution in [1.82, 2.24) is 15.5 Å². The maximum Gasteiger partial charge on any atom is 0.251 e.